The molecular formula is C18H19NOS. The Morgan fingerprint density at radius 1 is 1.10 bits per heavy atom. The Hall–Kier alpha value is -1.58. The van der Waals surface area contributed by atoms with Crippen LogP contribution in [0, 0.1) is 0 Å². The van der Waals surface area contributed by atoms with Crippen molar-refractivity contribution in [3.63, 3.8) is 0 Å². The minimum absolute atomic E-state index is 0.687. The van der Waals surface area contributed by atoms with E-state index in [1.165, 1.54) is 21.6 Å². The van der Waals surface area contributed by atoms with Crippen LogP contribution in [0.4, 0.5) is 0 Å². The van der Waals surface area contributed by atoms with Crippen LogP contribution in [0.15, 0.2) is 41.3 Å². The molecule has 0 unspecified atom stereocenters. The van der Waals surface area contributed by atoms with E-state index in [9.17, 15) is 0 Å². The molecule has 2 aliphatic heterocycles. The van der Waals surface area contributed by atoms with Crippen LogP contribution in [0.25, 0.3) is 5.57 Å². The van der Waals surface area contributed by atoms with Gasteiger partial charge < -0.3 is 9.64 Å². The van der Waals surface area contributed by atoms with Gasteiger partial charge in [0.15, 0.2) is 0 Å². The molecule has 0 spiro atoms. The number of rotatable bonds is 0. The molecule has 2 aliphatic rings. The van der Waals surface area contributed by atoms with Crippen LogP contribution in [0.5, 0.6) is 5.75 Å². The molecule has 1 fully saturated rings. The molecule has 0 saturated carbocycles. The van der Waals surface area contributed by atoms with Gasteiger partial charge in [0.25, 0.3) is 0 Å². The van der Waals surface area contributed by atoms with Crippen LogP contribution >= 0.6 is 11.3 Å². The maximum Gasteiger partial charge on any atom is 0.127 e. The van der Waals surface area contributed by atoms with Crippen molar-refractivity contribution in [3.05, 3.63) is 57.3 Å². The first kappa shape index (κ1) is 13.1. The minimum Gasteiger partial charge on any atom is -0.488 e. The number of likely N-dealkylation sites (tertiary alicyclic amines) is 1. The number of benzene rings is 1. The molecule has 108 valence electrons. The van der Waals surface area contributed by atoms with Crippen molar-refractivity contribution >= 4 is 16.9 Å². The lowest BCUT2D eigenvalue weighted by atomic mass is 9.91. The summed E-state index contributed by atoms with van der Waals surface area (Å²) in [5.74, 6) is 1.03. The zero-order valence-electron chi connectivity index (χ0n) is 12.3. The number of para-hydroxylation sites is 1. The van der Waals surface area contributed by atoms with Crippen molar-refractivity contribution in [1.82, 2.24) is 4.90 Å². The van der Waals surface area contributed by atoms with E-state index in [0.717, 1.165) is 31.7 Å². The highest BCUT2D eigenvalue weighted by atomic mass is 32.1. The van der Waals surface area contributed by atoms with Gasteiger partial charge in [0.1, 0.15) is 12.4 Å². The predicted octanol–water partition coefficient (Wildman–Crippen LogP) is 4.17. The summed E-state index contributed by atoms with van der Waals surface area (Å²) in [6, 6.07) is 10.7. The number of fused-ring (bicyclic) bond motifs is 2. The van der Waals surface area contributed by atoms with Gasteiger partial charge in [-0.1, -0.05) is 23.8 Å². The van der Waals surface area contributed by atoms with Gasteiger partial charge >= 0.3 is 0 Å². The summed E-state index contributed by atoms with van der Waals surface area (Å²) in [5.41, 5.74) is 5.65. The van der Waals surface area contributed by atoms with E-state index >= 15 is 0 Å². The average molecular weight is 297 g/mol. The first-order valence-corrected chi connectivity index (χ1v) is 8.40. The summed E-state index contributed by atoms with van der Waals surface area (Å²) in [4.78, 5) is 3.83. The van der Waals surface area contributed by atoms with Crippen LogP contribution < -0.4 is 4.74 Å². The predicted molar refractivity (Wildman–Crippen MR) is 87.8 cm³/mol. The van der Waals surface area contributed by atoms with Gasteiger partial charge in [-0.05, 0) is 37.4 Å². The van der Waals surface area contributed by atoms with Crippen molar-refractivity contribution in [3.8, 4) is 5.75 Å². The molecule has 0 amide bonds. The van der Waals surface area contributed by atoms with Crippen molar-refractivity contribution < 1.29 is 4.74 Å². The number of ether oxygens (including phenoxy) is 1. The van der Waals surface area contributed by atoms with Gasteiger partial charge in [0.05, 0.1) is 0 Å². The largest absolute Gasteiger partial charge is 0.488 e. The summed E-state index contributed by atoms with van der Waals surface area (Å²) in [5, 5.41) is 2.19. The van der Waals surface area contributed by atoms with Gasteiger partial charge in [0.2, 0.25) is 0 Å². The lowest BCUT2D eigenvalue weighted by Crippen LogP contribution is -2.26. The van der Waals surface area contributed by atoms with Crippen LogP contribution in [0.2, 0.25) is 0 Å². The van der Waals surface area contributed by atoms with Crippen molar-refractivity contribution in [2.45, 2.75) is 19.4 Å². The number of hydrogen-bond donors (Lipinski definition) is 0. The fraction of sp³-hybridized carbons (Fsp3) is 0.333. The zero-order valence-corrected chi connectivity index (χ0v) is 13.1. The van der Waals surface area contributed by atoms with Gasteiger partial charge in [-0.3, -0.25) is 0 Å². The Morgan fingerprint density at radius 2 is 1.90 bits per heavy atom. The number of piperidine rings is 1. The van der Waals surface area contributed by atoms with Gasteiger partial charge in [0, 0.05) is 34.7 Å². The Morgan fingerprint density at radius 3 is 2.76 bits per heavy atom. The fourth-order valence-corrected chi connectivity index (χ4v) is 4.25. The lowest BCUT2D eigenvalue weighted by molar-refractivity contribution is 0.307. The molecule has 2 nitrogen and oxygen atoms in total. The SMILES string of the molecule is CN1CCC(=C2c3ccccc3OCc3ccsc32)CC1. The normalized spacial score (nSPS) is 18.7. The Balaban J connectivity index is 1.91. The third-order valence-corrected chi connectivity index (χ3v) is 5.43. The molecule has 3 heteroatoms. The van der Waals surface area contributed by atoms with Gasteiger partial charge in [-0.2, -0.15) is 0 Å². The van der Waals surface area contributed by atoms with E-state index in [0.29, 0.717) is 6.61 Å². The second kappa shape index (κ2) is 5.32. The van der Waals surface area contributed by atoms with Crippen molar-refractivity contribution in [2.75, 3.05) is 20.1 Å². The molecule has 1 saturated heterocycles. The van der Waals surface area contributed by atoms with Crippen LogP contribution in [0.3, 0.4) is 0 Å². The molecule has 1 aromatic heterocycles. The molecule has 2 aromatic rings. The summed E-state index contributed by atoms with van der Waals surface area (Å²) in [6.45, 7) is 3.00. The molecular weight excluding hydrogens is 278 g/mol. The average Bonchev–Trinajstić information content (AvgIpc) is 2.91. The summed E-state index contributed by atoms with van der Waals surface area (Å²) in [7, 11) is 2.21. The molecule has 1 aromatic carbocycles. The number of hydrogen-bond acceptors (Lipinski definition) is 3. The van der Waals surface area contributed by atoms with E-state index < -0.39 is 0 Å². The highest BCUT2D eigenvalue weighted by Gasteiger charge is 2.24. The number of nitrogens with zero attached hydrogens (tertiary/aromatic N) is 1. The molecule has 0 atom stereocenters. The van der Waals surface area contributed by atoms with Crippen LogP contribution in [0.1, 0.15) is 28.8 Å². The van der Waals surface area contributed by atoms with Crippen molar-refractivity contribution in [2.24, 2.45) is 0 Å². The highest BCUT2D eigenvalue weighted by Crippen LogP contribution is 2.42. The van der Waals surface area contributed by atoms with E-state index in [1.807, 2.05) is 11.3 Å². The third-order valence-electron chi connectivity index (χ3n) is 4.46. The van der Waals surface area contributed by atoms with E-state index in [-0.39, 0.29) is 0 Å². The molecule has 21 heavy (non-hydrogen) atoms. The van der Waals surface area contributed by atoms with E-state index in [1.54, 1.807) is 5.57 Å². The van der Waals surface area contributed by atoms with Crippen LogP contribution in [-0.4, -0.2) is 25.0 Å². The first-order chi connectivity index (χ1) is 10.3. The lowest BCUT2D eigenvalue weighted by Gasteiger charge is -2.26. The maximum atomic E-state index is 6.04. The minimum atomic E-state index is 0.687. The Kier molecular flexibility index (Phi) is 3.32. The quantitative estimate of drug-likeness (QED) is 0.723. The molecule has 4 rings (SSSR count). The summed E-state index contributed by atoms with van der Waals surface area (Å²) in [6.07, 6.45) is 2.33. The monoisotopic (exact) mass is 297 g/mol. The molecule has 0 radical (unpaired) electrons. The molecule has 0 N–H and O–H groups in total. The smallest absolute Gasteiger partial charge is 0.127 e. The van der Waals surface area contributed by atoms with E-state index in [2.05, 4.69) is 47.7 Å². The van der Waals surface area contributed by atoms with Gasteiger partial charge in [-0.15, -0.1) is 11.3 Å². The standard InChI is InChI=1S/C18H19NOS/c1-19-9-6-13(7-10-19)17-15-4-2-3-5-16(15)20-12-14-8-11-21-18(14)17/h2-5,8,11H,6-7,9-10,12H2,1H3. The zero-order chi connectivity index (χ0) is 14.2. The summed E-state index contributed by atoms with van der Waals surface area (Å²) < 4.78 is 6.04. The maximum absolute atomic E-state index is 6.04. The first-order valence-electron chi connectivity index (χ1n) is 7.52. The number of thiophene rings is 1. The van der Waals surface area contributed by atoms with E-state index in [4.69, 9.17) is 4.74 Å². The second-order valence-corrected chi connectivity index (χ2v) is 6.76. The molecule has 0 aliphatic carbocycles. The fourth-order valence-electron chi connectivity index (χ4n) is 3.24. The van der Waals surface area contributed by atoms with Crippen molar-refractivity contribution in [1.29, 1.82) is 0 Å². The topological polar surface area (TPSA) is 12.5 Å². The second-order valence-electron chi connectivity index (χ2n) is 5.84. The molecule has 3 heterocycles. The highest BCUT2D eigenvalue weighted by molar-refractivity contribution is 7.11. The van der Waals surface area contributed by atoms with Crippen LogP contribution in [-0.2, 0) is 6.61 Å². The van der Waals surface area contributed by atoms with Gasteiger partial charge in [-0.25, -0.2) is 0 Å². The Labute approximate surface area is 129 Å². The molecule has 0 bridgehead atoms. The Bertz CT molecular complexity index is 691. The third kappa shape index (κ3) is 2.30. The summed E-state index contributed by atoms with van der Waals surface area (Å²) >= 11 is 1.85.